The van der Waals surface area contributed by atoms with Crippen LogP contribution in [0.4, 0.5) is 5.69 Å². The predicted molar refractivity (Wildman–Crippen MR) is 100.0 cm³/mol. The molecular weight excluding hydrogens is 356 g/mol. The van der Waals surface area contributed by atoms with Gasteiger partial charge in [-0.3, -0.25) is 4.79 Å². The molecule has 1 aromatic rings. The number of benzene rings is 1. The molecule has 1 aliphatic rings. The summed E-state index contributed by atoms with van der Waals surface area (Å²) in [4.78, 5) is 12.1. The van der Waals surface area contributed by atoms with Crippen molar-refractivity contribution >= 4 is 21.6 Å². The monoisotopic (exact) mass is 384 g/mol. The number of carbonyl (C=O) groups excluding carboxylic acids is 1. The summed E-state index contributed by atoms with van der Waals surface area (Å²) in [5.74, 6) is 0.181. The first kappa shape index (κ1) is 20.7. The van der Waals surface area contributed by atoms with Gasteiger partial charge in [0.1, 0.15) is 10.6 Å². The fourth-order valence-corrected chi connectivity index (χ4v) is 4.31. The van der Waals surface area contributed by atoms with Crippen LogP contribution in [0.25, 0.3) is 0 Å². The van der Waals surface area contributed by atoms with E-state index in [2.05, 4.69) is 12.2 Å². The number of sulfonamides is 1. The summed E-state index contributed by atoms with van der Waals surface area (Å²) >= 11 is 0. The van der Waals surface area contributed by atoms with Crippen molar-refractivity contribution in [2.24, 2.45) is 0 Å². The van der Waals surface area contributed by atoms with Crippen LogP contribution in [0.3, 0.4) is 0 Å². The Morgan fingerprint density at radius 2 is 1.96 bits per heavy atom. The lowest BCUT2D eigenvalue weighted by Crippen LogP contribution is -2.40. The largest absolute Gasteiger partial charge is 0.492 e. The standard InChI is InChI=1S/C18H28N2O5S/c1-3-5-6-7-18(21)19-15-8-9-16(25-4-2)17(14-15)26(22,23)20-10-12-24-13-11-20/h8-9,14H,3-7,10-13H2,1-2H3,(H,19,21). The zero-order chi connectivity index (χ0) is 19.0. The third-order valence-electron chi connectivity index (χ3n) is 4.12. The van der Waals surface area contributed by atoms with Gasteiger partial charge in [-0.1, -0.05) is 19.8 Å². The van der Waals surface area contributed by atoms with E-state index >= 15 is 0 Å². The Kier molecular flexibility index (Phi) is 7.86. The van der Waals surface area contributed by atoms with Crippen LogP contribution in [-0.2, 0) is 19.6 Å². The van der Waals surface area contributed by atoms with E-state index < -0.39 is 10.0 Å². The van der Waals surface area contributed by atoms with Crippen LogP contribution in [0.2, 0.25) is 0 Å². The quantitative estimate of drug-likeness (QED) is 0.662. The van der Waals surface area contributed by atoms with E-state index in [-0.39, 0.29) is 10.8 Å². The number of hydrogen-bond acceptors (Lipinski definition) is 5. The molecule has 0 saturated carbocycles. The molecule has 0 radical (unpaired) electrons. The Labute approximate surface area is 155 Å². The average Bonchev–Trinajstić information content (AvgIpc) is 2.64. The zero-order valence-corrected chi connectivity index (χ0v) is 16.3. The van der Waals surface area contributed by atoms with Gasteiger partial charge >= 0.3 is 0 Å². The molecule has 0 aliphatic carbocycles. The summed E-state index contributed by atoms with van der Waals surface area (Å²) in [6, 6.07) is 4.74. The van der Waals surface area contributed by atoms with E-state index in [9.17, 15) is 13.2 Å². The van der Waals surface area contributed by atoms with Gasteiger partial charge in [0, 0.05) is 25.2 Å². The van der Waals surface area contributed by atoms with E-state index in [1.807, 2.05) is 0 Å². The molecule has 1 aromatic carbocycles. The number of hydrogen-bond donors (Lipinski definition) is 1. The summed E-state index contributed by atoms with van der Waals surface area (Å²) in [6.07, 6.45) is 3.27. The lowest BCUT2D eigenvalue weighted by Gasteiger charge is -2.27. The SMILES string of the molecule is CCCCCC(=O)Nc1ccc(OCC)c(S(=O)(=O)N2CCOCC2)c1. The molecule has 1 saturated heterocycles. The molecule has 2 rings (SSSR count). The van der Waals surface area contributed by atoms with E-state index in [4.69, 9.17) is 9.47 Å². The van der Waals surface area contributed by atoms with Gasteiger partial charge in [0.2, 0.25) is 15.9 Å². The van der Waals surface area contributed by atoms with Crippen molar-refractivity contribution in [1.29, 1.82) is 0 Å². The molecule has 146 valence electrons. The molecule has 0 bridgehead atoms. The minimum Gasteiger partial charge on any atom is -0.492 e. The van der Waals surface area contributed by atoms with Crippen molar-refractivity contribution in [2.75, 3.05) is 38.2 Å². The third kappa shape index (κ3) is 5.43. The summed E-state index contributed by atoms with van der Waals surface area (Å²) in [5.41, 5.74) is 0.460. The first-order valence-electron chi connectivity index (χ1n) is 9.13. The molecule has 0 spiro atoms. The highest BCUT2D eigenvalue weighted by atomic mass is 32.2. The van der Waals surface area contributed by atoms with Crippen LogP contribution in [-0.4, -0.2) is 51.5 Å². The number of nitrogens with one attached hydrogen (secondary N) is 1. The van der Waals surface area contributed by atoms with Crippen LogP contribution >= 0.6 is 0 Å². The van der Waals surface area contributed by atoms with Gasteiger partial charge in [-0.25, -0.2) is 8.42 Å². The van der Waals surface area contributed by atoms with Crippen molar-refractivity contribution in [1.82, 2.24) is 4.31 Å². The van der Waals surface area contributed by atoms with Crippen molar-refractivity contribution in [3.8, 4) is 5.75 Å². The topological polar surface area (TPSA) is 84.9 Å². The van der Waals surface area contributed by atoms with Gasteiger partial charge in [-0.15, -0.1) is 0 Å². The Bertz CT molecular complexity index is 700. The number of ether oxygens (including phenoxy) is 2. The summed E-state index contributed by atoms with van der Waals surface area (Å²) in [5, 5.41) is 2.78. The second-order valence-electron chi connectivity index (χ2n) is 6.12. The Balaban J connectivity index is 2.23. The minimum atomic E-state index is -3.72. The summed E-state index contributed by atoms with van der Waals surface area (Å²) < 4.78 is 38.1. The Hall–Kier alpha value is -1.64. The van der Waals surface area contributed by atoms with Gasteiger partial charge in [0.25, 0.3) is 0 Å². The number of nitrogens with zero attached hydrogens (tertiary/aromatic N) is 1. The molecule has 1 fully saturated rings. The van der Waals surface area contributed by atoms with Crippen LogP contribution in [0, 0.1) is 0 Å². The number of rotatable bonds is 9. The predicted octanol–water partition coefficient (Wildman–Crippen LogP) is 2.63. The first-order chi connectivity index (χ1) is 12.5. The molecule has 1 amide bonds. The Morgan fingerprint density at radius 3 is 2.62 bits per heavy atom. The van der Waals surface area contributed by atoms with E-state index in [0.29, 0.717) is 50.8 Å². The van der Waals surface area contributed by atoms with Crippen LogP contribution in [0.5, 0.6) is 5.75 Å². The van der Waals surface area contributed by atoms with Gasteiger partial charge in [0.05, 0.1) is 19.8 Å². The number of anilines is 1. The molecule has 0 unspecified atom stereocenters. The fraction of sp³-hybridized carbons (Fsp3) is 0.611. The maximum Gasteiger partial charge on any atom is 0.246 e. The highest BCUT2D eigenvalue weighted by Crippen LogP contribution is 2.30. The highest BCUT2D eigenvalue weighted by molar-refractivity contribution is 7.89. The van der Waals surface area contributed by atoms with Crippen molar-refractivity contribution < 1.29 is 22.7 Å². The van der Waals surface area contributed by atoms with Crippen molar-refractivity contribution in [2.45, 2.75) is 44.4 Å². The molecule has 7 nitrogen and oxygen atoms in total. The van der Waals surface area contributed by atoms with E-state index in [1.165, 1.54) is 10.4 Å². The maximum absolute atomic E-state index is 13.0. The highest BCUT2D eigenvalue weighted by Gasteiger charge is 2.29. The zero-order valence-electron chi connectivity index (χ0n) is 15.5. The van der Waals surface area contributed by atoms with E-state index in [0.717, 1.165) is 19.3 Å². The second kappa shape index (κ2) is 9.89. The molecule has 1 aliphatic heterocycles. The van der Waals surface area contributed by atoms with Crippen LogP contribution in [0.15, 0.2) is 23.1 Å². The van der Waals surface area contributed by atoms with Gasteiger partial charge in [0.15, 0.2) is 0 Å². The van der Waals surface area contributed by atoms with Gasteiger partial charge in [-0.05, 0) is 31.5 Å². The lowest BCUT2D eigenvalue weighted by molar-refractivity contribution is -0.116. The van der Waals surface area contributed by atoms with Crippen LogP contribution in [0.1, 0.15) is 39.5 Å². The smallest absolute Gasteiger partial charge is 0.246 e. The van der Waals surface area contributed by atoms with Crippen LogP contribution < -0.4 is 10.1 Å². The van der Waals surface area contributed by atoms with Crippen molar-refractivity contribution in [3.63, 3.8) is 0 Å². The molecule has 1 heterocycles. The number of amides is 1. The fourth-order valence-electron chi connectivity index (χ4n) is 2.75. The molecule has 1 N–H and O–H groups in total. The summed E-state index contributed by atoms with van der Waals surface area (Å²) in [6.45, 7) is 5.59. The average molecular weight is 384 g/mol. The normalized spacial score (nSPS) is 15.6. The summed E-state index contributed by atoms with van der Waals surface area (Å²) in [7, 11) is -3.72. The minimum absolute atomic E-state index is 0.0765. The molecule has 8 heteroatoms. The molecular formula is C18H28N2O5S. The number of unbranched alkanes of at least 4 members (excludes halogenated alkanes) is 2. The molecule has 0 atom stereocenters. The van der Waals surface area contributed by atoms with Gasteiger partial charge in [-0.2, -0.15) is 4.31 Å². The lowest BCUT2D eigenvalue weighted by atomic mass is 10.2. The van der Waals surface area contributed by atoms with Gasteiger partial charge < -0.3 is 14.8 Å². The number of morpholine rings is 1. The molecule has 0 aromatic heterocycles. The Morgan fingerprint density at radius 1 is 1.23 bits per heavy atom. The third-order valence-corrected chi connectivity index (χ3v) is 6.04. The number of carbonyl (C=O) groups is 1. The second-order valence-corrected chi connectivity index (χ2v) is 8.02. The first-order valence-corrected chi connectivity index (χ1v) is 10.6. The molecule has 26 heavy (non-hydrogen) atoms. The maximum atomic E-state index is 13.0. The van der Waals surface area contributed by atoms with E-state index in [1.54, 1.807) is 19.1 Å². The van der Waals surface area contributed by atoms with Crippen molar-refractivity contribution in [3.05, 3.63) is 18.2 Å².